The zero-order valence-corrected chi connectivity index (χ0v) is 20.4. The predicted octanol–water partition coefficient (Wildman–Crippen LogP) is 6.78. The van der Waals surface area contributed by atoms with Crippen LogP contribution in [-0.2, 0) is 18.9 Å². The Labute approximate surface area is 163 Å². The average Bonchev–Trinajstić information content (AvgIpc) is 2.53. The Morgan fingerprint density at radius 1 is 0.818 bits per heavy atom. The molecule has 2 nitrogen and oxygen atoms in total. The molecule has 6 heteroatoms. The summed E-state index contributed by atoms with van der Waals surface area (Å²) in [5, 5.41) is 0. The molecule has 0 fully saturated rings. The van der Waals surface area contributed by atoms with Gasteiger partial charge in [-0.05, 0) is 0 Å². The molecule has 1 atom stereocenters. The van der Waals surface area contributed by atoms with E-state index in [2.05, 4.69) is 13.8 Å². The second-order valence-electron chi connectivity index (χ2n) is 5.73. The van der Waals surface area contributed by atoms with Crippen LogP contribution in [0.1, 0.15) is 90.9 Å². The van der Waals surface area contributed by atoms with Crippen LogP contribution in [0.4, 0.5) is 0 Å². The van der Waals surface area contributed by atoms with Crippen molar-refractivity contribution in [3.8, 4) is 0 Å². The van der Waals surface area contributed by atoms with Crippen molar-refractivity contribution < 1.29 is 7.12 Å². The van der Waals surface area contributed by atoms with Gasteiger partial charge in [0, 0.05) is 0 Å². The molecule has 0 N–H and O–H groups in total. The van der Waals surface area contributed by atoms with E-state index in [1.54, 1.807) is 11.4 Å². The molecule has 0 amide bonds. The standard InChI is InChI=1S/C16H35O2PS2.Bi/c1-3-5-7-9-11-13-15-18-19(17,20)21-16-14-12-10-8-6-4-2;/h3-16H2,1-2H3,(H,17,20);/q;+1/p-1. The topological polar surface area (TPSA) is 18.5 Å². The predicted molar refractivity (Wildman–Crippen MR) is 106 cm³/mol. The Hall–Kier alpha value is 1.80. The Morgan fingerprint density at radius 2 is 1.32 bits per heavy atom. The first-order chi connectivity index (χ1) is 10.7. The minimum atomic E-state index is -2.02. The van der Waals surface area contributed by atoms with Crippen molar-refractivity contribution >= 4 is 54.0 Å². The van der Waals surface area contributed by atoms with Crippen molar-refractivity contribution in [2.75, 3.05) is 12.4 Å². The quantitative estimate of drug-likeness (QED) is 0.111. The van der Waals surface area contributed by atoms with Crippen LogP contribution >= 0.6 is 17.1 Å². The molecular weight excluding hydrogens is 528 g/mol. The summed E-state index contributed by atoms with van der Waals surface area (Å²) in [5.74, 6) is 1.09. The molecule has 0 aliphatic rings. The minimum absolute atomic E-state index is 0.782. The van der Waals surface area contributed by atoms with Gasteiger partial charge in [0.1, 0.15) is 0 Å². The van der Waals surface area contributed by atoms with Crippen LogP contribution < -0.4 is 0 Å². The second-order valence-corrected chi connectivity index (χ2v) is 14.0. The molecular formula is C16H34BiO2PS2. The van der Waals surface area contributed by atoms with Crippen molar-refractivity contribution in [3.63, 3.8) is 0 Å². The normalized spacial score (nSPS) is 14.1. The Bertz CT molecular complexity index is 259. The number of hydrogen-bond acceptors (Lipinski definition) is 4. The molecule has 0 saturated carbocycles. The first-order valence-corrected chi connectivity index (χ1v) is 14.6. The van der Waals surface area contributed by atoms with Crippen LogP contribution in [0.25, 0.3) is 0 Å². The van der Waals surface area contributed by atoms with E-state index in [0.717, 1.165) is 43.9 Å². The van der Waals surface area contributed by atoms with Crippen LogP contribution in [0.3, 0.4) is 0 Å². The molecule has 2 radical (unpaired) electrons. The molecule has 0 aliphatic heterocycles. The van der Waals surface area contributed by atoms with E-state index in [0.29, 0.717) is 0 Å². The molecule has 0 aromatic heterocycles. The van der Waals surface area contributed by atoms with Gasteiger partial charge in [0.05, 0.1) is 0 Å². The van der Waals surface area contributed by atoms with E-state index in [1.165, 1.54) is 70.6 Å². The van der Waals surface area contributed by atoms with Gasteiger partial charge in [0.15, 0.2) is 0 Å². The molecule has 0 aromatic rings. The van der Waals surface area contributed by atoms with Gasteiger partial charge in [-0.3, -0.25) is 0 Å². The molecule has 0 heterocycles. The van der Waals surface area contributed by atoms with Crippen LogP contribution in [0.15, 0.2) is 0 Å². The zero-order valence-electron chi connectivity index (χ0n) is 14.4. The van der Waals surface area contributed by atoms with E-state index in [4.69, 9.17) is 18.9 Å². The van der Waals surface area contributed by atoms with Gasteiger partial charge in [-0.25, -0.2) is 0 Å². The summed E-state index contributed by atoms with van der Waals surface area (Å²) in [4.78, 5) is 0. The molecule has 0 aliphatic carbocycles. The van der Waals surface area contributed by atoms with Gasteiger partial charge in [-0.2, -0.15) is 0 Å². The van der Waals surface area contributed by atoms with Gasteiger partial charge in [0.2, 0.25) is 0 Å². The van der Waals surface area contributed by atoms with Gasteiger partial charge in [-0.15, -0.1) is 0 Å². The molecule has 132 valence electrons. The van der Waals surface area contributed by atoms with Crippen molar-refractivity contribution in [1.82, 2.24) is 0 Å². The zero-order chi connectivity index (χ0) is 16.5. The SMILES string of the molecule is CCCCCCCCOP(=S)([O][Bi])SCCCCCCCC. The van der Waals surface area contributed by atoms with Crippen LogP contribution in [0.5, 0.6) is 0 Å². The van der Waals surface area contributed by atoms with Crippen molar-refractivity contribution in [1.29, 1.82) is 0 Å². The fourth-order valence-corrected chi connectivity index (χ4v) is 8.02. The van der Waals surface area contributed by atoms with E-state index < -0.39 is 5.69 Å². The fraction of sp³-hybridized carbons (Fsp3) is 1.00. The summed E-state index contributed by atoms with van der Waals surface area (Å²) in [5.41, 5.74) is -2.02. The van der Waals surface area contributed by atoms with Crippen LogP contribution in [0, 0.1) is 0 Å². The Morgan fingerprint density at radius 3 is 1.86 bits per heavy atom. The average molecular weight is 563 g/mol. The van der Waals surface area contributed by atoms with Gasteiger partial charge >= 0.3 is 164 Å². The number of unbranched alkanes of at least 4 members (excludes halogenated alkanes) is 10. The van der Waals surface area contributed by atoms with Crippen molar-refractivity contribution in [3.05, 3.63) is 0 Å². The molecule has 1 unspecified atom stereocenters. The third kappa shape index (κ3) is 15.3. The first kappa shape index (κ1) is 23.8. The summed E-state index contributed by atoms with van der Waals surface area (Å²) in [6.45, 7) is 5.29. The number of rotatable bonds is 17. The maximum atomic E-state index is 5.92. The summed E-state index contributed by atoms with van der Waals surface area (Å²) in [7, 11) is 0. The summed E-state index contributed by atoms with van der Waals surface area (Å²) in [6, 6.07) is 0. The molecule has 22 heavy (non-hydrogen) atoms. The van der Waals surface area contributed by atoms with E-state index in [9.17, 15) is 0 Å². The summed E-state index contributed by atoms with van der Waals surface area (Å²) < 4.78 is 11.5. The Kier molecular flexibility index (Phi) is 19.1. The number of hydrogen-bond donors (Lipinski definition) is 0. The van der Waals surface area contributed by atoms with E-state index in [-0.39, 0.29) is 0 Å². The summed E-state index contributed by atoms with van der Waals surface area (Å²) >= 11 is 8.26. The molecule has 0 spiro atoms. The monoisotopic (exact) mass is 562 g/mol. The third-order valence-electron chi connectivity index (χ3n) is 3.59. The second kappa shape index (κ2) is 17.6. The van der Waals surface area contributed by atoms with Gasteiger partial charge in [-0.1, -0.05) is 0 Å². The third-order valence-corrected chi connectivity index (χ3v) is 14.0. The first-order valence-electron chi connectivity index (χ1n) is 8.90. The Balaban J connectivity index is 3.57. The molecule has 0 aromatic carbocycles. The summed E-state index contributed by atoms with van der Waals surface area (Å²) in [6.07, 6.45) is 15.7. The van der Waals surface area contributed by atoms with E-state index >= 15 is 0 Å². The van der Waals surface area contributed by atoms with Crippen LogP contribution in [-0.4, -0.2) is 37.5 Å². The maximum absolute atomic E-state index is 5.92. The van der Waals surface area contributed by atoms with Crippen LogP contribution in [0.2, 0.25) is 0 Å². The van der Waals surface area contributed by atoms with Crippen molar-refractivity contribution in [2.45, 2.75) is 90.9 Å². The molecule has 0 bridgehead atoms. The molecule has 0 rings (SSSR count). The van der Waals surface area contributed by atoms with Gasteiger partial charge in [0.25, 0.3) is 0 Å². The van der Waals surface area contributed by atoms with E-state index in [1.807, 2.05) is 0 Å². The molecule has 0 saturated heterocycles. The van der Waals surface area contributed by atoms with Crippen molar-refractivity contribution in [2.24, 2.45) is 0 Å². The fourth-order valence-electron chi connectivity index (χ4n) is 2.20. The van der Waals surface area contributed by atoms with Gasteiger partial charge < -0.3 is 0 Å².